The number of allylic oxidation sites excluding steroid dienone is 1. The Kier molecular flexibility index (Phi) is 19.7. The molecular formula is C36H45ClN2O8. The predicted molar refractivity (Wildman–Crippen MR) is 184 cm³/mol. The molecule has 0 atom stereocenters. The minimum absolute atomic E-state index is 0.125. The first kappa shape index (κ1) is 40.5. The lowest BCUT2D eigenvalue weighted by Crippen LogP contribution is -2.14. The molecule has 0 aliphatic carbocycles. The number of hydrogen-bond acceptors (Lipinski definition) is 8. The van der Waals surface area contributed by atoms with Gasteiger partial charge in [-0.25, -0.2) is 4.79 Å². The summed E-state index contributed by atoms with van der Waals surface area (Å²) in [5, 5.41) is 25.7. The van der Waals surface area contributed by atoms with E-state index in [0.29, 0.717) is 50.7 Å². The summed E-state index contributed by atoms with van der Waals surface area (Å²) < 4.78 is 11.9. The molecule has 0 saturated carbocycles. The molecule has 0 unspecified atom stereocenters. The number of unbranched alkanes of at least 4 members (excludes halogenated alkanes) is 3. The van der Waals surface area contributed by atoms with Gasteiger partial charge in [0.2, 0.25) is 0 Å². The molecule has 4 rings (SSSR count). The second kappa shape index (κ2) is 22.9. The highest BCUT2D eigenvalue weighted by Gasteiger charge is 2.21. The summed E-state index contributed by atoms with van der Waals surface area (Å²) in [5.74, 6) is -0.861. The maximum absolute atomic E-state index is 13.0. The molecule has 2 aromatic carbocycles. The van der Waals surface area contributed by atoms with Crippen molar-refractivity contribution < 1.29 is 39.2 Å². The molecule has 254 valence electrons. The first-order chi connectivity index (χ1) is 22.6. The van der Waals surface area contributed by atoms with Crippen molar-refractivity contribution in [1.29, 1.82) is 0 Å². The number of esters is 1. The topological polar surface area (TPSA) is 148 Å². The zero-order valence-corrected chi connectivity index (χ0v) is 28.2. The van der Waals surface area contributed by atoms with Crippen LogP contribution in [-0.4, -0.2) is 69.6 Å². The summed E-state index contributed by atoms with van der Waals surface area (Å²) >= 11 is 5.89. The van der Waals surface area contributed by atoms with E-state index in [9.17, 15) is 19.5 Å². The van der Waals surface area contributed by atoms with Crippen LogP contribution < -0.4 is 4.74 Å². The average molecular weight is 669 g/mol. The maximum atomic E-state index is 13.0. The molecule has 10 nitrogen and oxygen atoms in total. The SMILES string of the molecule is C=CC.CCCCCCOC(=O)c1cccnc1.COc1ccc2c(c1)c(CC(=O)O)c(C)n2C(=O)c1ccc(Cl)cc1.OCCO. The van der Waals surface area contributed by atoms with Gasteiger partial charge in [-0.15, -0.1) is 6.58 Å². The van der Waals surface area contributed by atoms with Crippen molar-refractivity contribution in [2.75, 3.05) is 26.9 Å². The zero-order valence-electron chi connectivity index (χ0n) is 27.4. The average Bonchev–Trinajstić information content (AvgIpc) is 3.35. The molecule has 0 bridgehead atoms. The number of nitrogens with zero attached hydrogens (tertiary/aromatic N) is 2. The Morgan fingerprint density at radius 1 is 1.00 bits per heavy atom. The molecule has 0 aliphatic heterocycles. The number of methoxy groups -OCH3 is 1. The van der Waals surface area contributed by atoms with Crippen molar-refractivity contribution >= 4 is 40.3 Å². The summed E-state index contributed by atoms with van der Waals surface area (Å²) in [7, 11) is 1.54. The second-order valence-electron chi connectivity index (χ2n) is 9.96. The van der Waals surface area contributed by atoms with Crippen molar-refractivity contribution in [3.8, 4) is 5.75 Å². The van der Waals surface area contributed by atoms with Crippen molar-refractivity contribution in [3.63, 3.8) is 0 Å². The first-order valence-electron chi connectivity index (χ1n) is 15.2. The van der Waals surface area contributed by atoms with Crippen LogP contribution in [0.5, 0.6) is 5.75 Å². The minimum Gasteiger partial charge on any atom is -0.497 e. The van der Waals surface area contributed by atoms with E-state index in [2.05, 4.69) is 18.5 Å². The lowest BCUT2D eigenvalue weighted by atomic mass is 10.1. The fraction of sp³-hybridized carbons (Fsp3) is 0.333. The van der Waals surface area contributed by atoms with Crippen LogP contribution in [0.25, 0.3) is 10.9 Å². The van der Waals surface area contributed by atoms with E-state index < -0.39 is 5.97 Å². The predicted octanol–water partition coefficient (Wildman–Crippen LogP) is 6.91. The number of fused-ring (bicyclic) bond motifs is 1. The van der Waals surface area contributed by atoms with Gasteiger partial charge < -0.3 is 24.8 Å². The number of rotatable bonds is 11. The standard InChI is InChI=1S/C19H16ClNO4.C12H17NO2.C3H6.C2H6O2/c1-11-15(10-18(22)23)16-9-14(25-2)7-8-17(16)21(11)19(24)12-3-5-13(20)6-4-12;1-2-3-4-5-9-15-12(14)11-7-6-8-13-10-11;1-3-2;3-1-2-4/h3-9H,10H2,1-2H3,(H,22,23);6-8,10H,2-5,9H2,1H3;3H,1H2,2H3;3-4H,1-2H2. The van der Waals surface area contributed by atoms with E-state index in [-0.39, 0.29) is 31.5 Å². The molecule has 3 N–H and O–H groups in total. The van der Waals surface area contributed by atoms with Crippen LogP contribution in [0.1, 0.15) is 71.5 Å². The normalized spacial score (nSPS) is 9.85. The van der Waals surface area contributed by atoms with Gasteiger partial charge in [-0.1, -0.05) is 43.9 Å². The van der Waals surface area contributed by atoms with Crippen LogP contribution in [0.2, 0.25) is 5.02 Å². The fourth-order valence-electron chi connectivity index (χ4n) is 4.21. The number of carbonyl (C=O) groups is 3. The van der Waals surface area contributed by atoms with E-state index in [4.69, 9.17) is 31.3 Å². The lowest BCUT2D eigenvalue weighted by molar-refractivity contribution is -0.136. The Balaban J connectivity index is 0.000000426. The number of aliphatic carboxylic acids is 1. The molecule has 0 aliphatic rings. The van der Waals surface area contributed by atoms with Gasteiger partial charge >= 0.3 is 11.9 Å². The fourth-order valence-corrected chi connectivity index (χ4v) is 4.33. The molecule has 11 heteroatoms. The molecular weight excluding hydrogens is 624 g/mol. The van der Waals surface area contributed by atoms with Gasteiger partial charge in [0.1, 0.15) is 5.75 Å². The second-order valence-corrected chi connectivity index (χ2v) is 10.4. The highest BCUT2D eigenvalue weighted by atomic mass is 35.5. The van der Waals surface area contributed by atoms with E-state index in [1.165, 1.54) is 23.6 Å². The molecule has 0 amide bonds. The maximum Gasteiger partial charge on any atom is 0.339 e. The van der Waals surface area contributed by atoms with Gasteiger partial charge in [-0.05, 0) is 80.4 Å². The highest BCUT2D eigenvalue weighted by molar-refractivity contribution is 6.30. The number of halogens is 1. The Morgan fingerprint density at radius 3 is 2.19 bits per heavy atom. The van der Waals surface area contributed by atoms with Crippen LogP contribution in [0.15, 0.2) is 79.6 Å². The molecule has 0 spiro atoms. The van der Waals surface area contributed by atoms with Crippen LogP contribution in [-0.2, 0) is 16.0 Å². The van der Waals surface area contributed by atoms with Crippen LogP contribution in [0.4, 0.5) is 0 Å². The van der Waals surface area contributed by atoms with E-state index in [0.717, 1.165) is 12.8 Å². The molecule has 0 fully saturated rings. The molecule has 0 radical (unpaired) electrons. The number of carbonyl (C=O) groups excluding carboxylic acids is 2. The van der Waals surface area contributed by atoms with E-state index in [1.807, 2.05) is 6.92 Å². The molecule has 2 heterocycles. The molecule has 2 aromatic heterocycles. The number of carboxylic acid groups (broad SMARTS) is 1. The van der Waals surface area contributed by atoms with Crippen molar-refractivity contribution in [1.82, 2.24) is 9.55 Å². The number of benzene rings is 2. The van der Waals surface area contributed by atoms with Crippen molar-refractivity contribution in [2.24, 2.45) is 0 Å². The number of aliphatic hydroxyl groups is 2. The third-order valence-corrected chi connectivity index (χ3v) is 6.64. The number of hydrogen-bond donors (Lipinski definition) is 3. The lowest BCUT2D eigenvalue weighted by Gasteiger charge is -2.08. The zero-order chi connectivity index (χ0) is 35.2. The van der Waals surface area contributed by atoms with Crippen LogP contribution >= 0.6 is 11.6 Å². The largest absolute Gasteiger partial charge is 0.497 e. The summed E-state index contributed by atoms with van der Waals surface area (Å²) in [6, 6.07) is 15.3. The summed E-state index contributed by atoms with van der Waals surface area (Å²) in [5.41, 5.74) is 2.85. The van der Waals surface area contributed by atoms with Gasteiger partial charge in [0.25, 0.3) is 5.91 Å². The van der Waals surface area contributed by atoms with Gasteiger partial charge in [0.15, 0.2) is 0 Å². The summed E-state index contributed by atoms with van der Waals surface area (Å²) in [6.45, 7) is 9.41. The smallest absolute Gasteiger partial charge is 0.339 e. The van der Waals surface area contributed by atoms with Gasteiger partial charge in [-0.2, -0.15) is 0 Å². The number of carboxylic acids is 1. The Labute approximate surface area is 281 Å². The third-order valence-electron chi connectivity index (χ3n) is 6.39. The molecule has 0 saturated heterocycles. The monoisotopic (exact) mass is 668 g/mol. The van der Waals surface area contributed by atoms with Crippen LogP contribution in [0, 0.1) is 6.92 Å². The minimum atomic E-state index is -0.955. The van der Waals surface area contributed by atoms with Gasteiger partial charge in [0, 0.05) is 34.1 Å². The highest BCUT2D eigenvalue weighted by Crippen LogP contribution is 2.30. The third kappa shape index (κ3) is 13.8. The van der Waals surface area contributed by atoms with Crippen LogP contribution in [0.3, 0.4) is 0 Å². The first-order valence-corrected chi connectivity index (χ1v) is 15.5. The Hall–Kier alpha value is -4.51. The summed E-state index contributed by atoms with van der Waals surface area (Å²) in [6.07, 6.45) is 9.19. The van der Waals surface area contributed by atoms with E-state index >= 15 is 0 Å². The number of aromatic nitrogens is 2. The molecule has 4 aromatic rings. The molecule has 47 heavy (non-hydrogen) atoms. The Morgan fingerprint density at radius 2 is 1.66 bits per heavy atom. The summed E-state index contributed by atoms with van der Waals surface area (Å²) in [4.78, 5) is 39.5. The number of pyridine rings is 1. The van der Waals surface area contributed by atoms with Crippen molar-refractivity contribution in [3.05, 3.63) is 107 Å². The number of aliphatic hydroxyl groups excluding tert-OH is 2. The van der Waals surface area contributed by atoms with Crippen molar-refractivity contribution in [2.45, 2.75) is 52.9 Å². The van der Waals surface area contributed by atoms with E-state index in [1.54, 1.807) is 80.9 Å². The Bertz CT molecular complexity index is 1530. The number of ether oxygens (including phenoxy) is 2. The van der Waals surface area contributed by atoms with Gasteiger partial charge in [-0.3, -0.25) is 19.1 Å². The van der Waals surface area contributed by atoms with Gasteiger partial charge in [0.05, 0.1) is 44.4 Å². The quantitative estimate of drug-likeness (QED) is 0.0881.